The molecule has 3 nitrogen and oxygen atoms in total. The standard InChI is InChI=1S/C13H24N2O/c1-9-7-14-8-12(9)13(16)15-10(2)5-4-6-11(15)3/h9-12,14H,4-8H2,1-3H3. The van der Waals surface area contributed by atoms with E-state index in [2.05, 4.69) is 31.0 Å². The molecular formula is C13H24N2O. The molecule has 16 heavy (non-hydrogen) atoms. The predicted molar refractivity (Wildman–Crippen MR) is 65.1 cm³/mol. The van der Waals surface area contributed by atoms with Gasteiger partial charge in [0.2, 0.25) is 5.91 Å². The number of nitrogens with zero attached hydrogens (tertiary/aromatic N) is 1. The minimum absolute atomic E-state index is 0.211. The van der Waals surface area contributed by atoms with Crippen molar-refractivity contribution in [2.75, 3.05) is 13.1 Å². The fourth-order valence-corrected chi connectivity index (χ4v) is 3.19. The van der Waals surface area contributed by atoms with E-state index in [0.717, 1.165) is 13.1 Å². The first-order valence-corrected chi connectivity index (χ1v) is 6.64. The molecule has 0 aromatic heterocycles. The van der Waals surface area contributed by atoms with Crippen LogP contribution in [0.5, 0.6) is 0 Å². The monoisotopic (exact) mass is 224 g/mol. The molecule has 4 unspecified atom stereocenters. The van der Waals surface area contributed by atoms with Crippen LogP contribution in [0.15, 0.2) is 0 Å². The minimum atomic E-state index is 0.211. The van der Waals surface area contributed by atoms with Crippen molar-refractivity contribution in [1.82, 2.24) is 10.2 Å². The van der Waals surface area contributed by atoms with Gasteiger partial charge in [0.15, 0.2) is 0 Å². The van der Waals surface area contributed by atoms with E-state index < -0.39 is 0 Å². The zero-order chi connectivity index (χ0) is 11.7. The van der Waals surface area contributed by atoms with Crippen LogP contribution >= 0.6 is 0 Å². The summed E-state index contributed by atoms with van der Waals surface area (Å²) in [5, 5.41) is 3.32. The summed E-state index contributed by atoms with van der Waals surface area (Å²) in [5.74, 6) is 1.09. The zero-order valence-electron chi connectivity index (χ0n) is 10.7. The summed E-state index contributed by atoms with van der Waals surface area (Å²) in [5.41, 5.74) is 0. The largest absolute Gasteiger partial charge is 0.337 e. The van der Waals surface area contributed by atoms with Crippen molar-refractivity contribution in [3.63, 3.8) is 0 Å². The zero-order valence-corrected chi connectivity index (χ0v) is 10.7. The lowest BCUT2D eigenvalue weighted by Gasteiger charge is -2.41. The Hall–Kier alpha value is -0.570. The number of hydrogen-bond acceptors (Lipinski definition) is 2. The van der Waals surface area contributed by atoms with Gasteiger partial charge in [0.1, 0.15) is 0 Å². The van der Waals surface area contributed by atoms with E-state index in [9.17, 15) is 4.79 Å². The lowest BCUT2D eigenvalue weighted by Crippen LogP contribution is -2.51. The molecular weight excluding hydrogens is 200 g/mol. The Morgan fingerprint density at radius 2 is 1.75 bits per heavy atom. The van der Waals surface area contributed by atoms with Crippen LogP contribution in [-0.2, 0) is 4.79 Å². The van der Waals surface area contributed by atoms with Crippen molar-refractivity contribution in [2.24, 2.45) is 11.8 Å². The minimum Gasteiger partial charge on any atom is -0.337 e. The quantitative estimate of drug-likeness (QED) is 0.734. The van der Waals surface area contributed by atoms with Gasteiger partial charge < -0.3 is 10.2 Å². The maximum absolute atomic E-state index is 12.5. The second kappa shape index (κ2) is 4.74. The molecule has 2 rings (SSSR count). The number of hydrogen-bond donors (Lipinski definition) is 1. The average Bonchev–Trinajstić information content (AvgIpc) is 2.64. The van der Waals surface area contributed by atoms with E-state index >= 15 is 0 Å². The first-order chi connectivity index (χ1) is 7.61. The normalized spacial score (nSPS) is 40.1. The molecule has 1 N–H and O–H groups in total. The highest BCUT2D eigenvalue weighted by Crippen LogP contribution is 2.27. The van der Waals surface area contributed by atoms with Gasteiger partial charge in [0, 0.05) is 18.6 Å². The average molecular weight is 224 g/mol. The molecule has 2 heterocycles. The molecule has 2 aliphatic heterocycles. The molecule has 0 aromatic rings. The first-order valence-electron chi connectivity index (χ1n) is 6.64. The Balaban J connectivity index is 2.07. The molecule has 0 bridgehead atoms. The molecule has 4 atom stereocenters. The molecule has 0 radical (unpaired) electrons. The molecule has 3 heteroatoms. The number of carbonyl (C=O) groups excluding carboxylic acids is 1. The number of piperidine rings is 1. The first kappa shape index (κ1) is 11.9. The highest BCUT2D eigenvalue weighted by molar-refractivity contribution is 5.80. The van der Waals surface area contributed by atoms with Gasteiger partial charge in [-0.2, -0.15) is 0 Å². The number of carbonyl (C=O) groups is 1. The van der Waals surface area contributed by atoms with Gasteiger partial charge in [-0.1, -0.05) is 6.92 Å². The van der Waals surface area contributed by atoms with Crippen LogP contribution in [-0.4, -0.2) is 36.0 Å². The van der Waals surface area contributed by atoms with Crippen molar-refractivity contribution in [3.8, 4) is 0 Å². The molecule has 0 aliphatic carbocycles. The van der Waals surface area contributed by atoms with Gasteiger partial charge in [-0.25, -0.2) is 0 Å². The second-order valence-electron chi connectivity index (χ2n) is 5.62. The van der Waals surface area contributed by atoms with Gasteiger partial charge in [0.25, 0.3) is 0 Å². The van der Waals surface area contributed by atoms with E-state index in [1.807, 2.05) is 0 Å². The van der Waals surface area contributed by atoms with Crippen LogP contribution in [0.2, 0.25) is 0 Å². The van der Waals surface area contributed by atoms with Crippen LogP contribution in [0.1, 0.15) is 40.0 Å². The molecule has 0 aromatic carbocycles. The maximum atomic E-state index is 12.5. The number of rotatable bonds is 1. The summed E-state index contributed by atoms with van der Waals surface area (Å²) in [4.78, 5) is 14.7. The third-order valence-electron chi connectivity index (χ3n) is 4.28. The topological polar surface area (TPSA) is 32.3 Å². The fraction of sp³-hybridized carbons (Fsp3) is 0.923. The Bertz CT molecular complexity index is 257. The second-order valence-corrected chi connectivity index (χ2v) is 5.62. The smallest absolute Gasteiger partial charge is 0.227 e. The lowest BCUT2D eigenvalue weighted by molar-refractivity contribution is -0.142. The van der Waals surface area contributed by atoms with Crippen molar-refractivity contribution < 1.29 is 4.79 Å². The fourth-order valence-electron chi connectivity index (χ4n) is 3.19. The van der Waals surface area contributed by atoms with E-state index in [1.165, 1.54) is 19.3 Å². The van der Waals surface area contributed by atoms with Gasteiger partial charge in [-0.3, -0.25) is 4.79 Å². The maximum Gasteiger partial charge on any atom is 0.227 e. The van der Waals surface area contributed by atoms with Crippen LogP contribution in [0.25, 0.3) is 0 Å². The van der Waals surface area contributed by atoms with Crippen molar-refractivity contribution in [1.29, 1.82) is 0 Å². The van der Waals surface area contributed by atoms with Gasteiger partial charge in [0.05, 0.1) is 5.92 Å². The Labute approximate surface area is 98.6 Å². The molecule has 2 fully saturated rings. The van der Waals surface area contributed by atoms with Crippen molar-refractivity contribution >= 4 is 5.91 Å². The molecule has 2 saturated heterocycles. The number of likely N-dealkylation sites (tertiary alicyclic amines) is 1. The molecule has 1 amide bonds. The summed E-state index contributed by atoms with van der Waals surface area (Å²) in [6.07, 6.45) is 3.61. The van der Waals surface area contributed by atoms with E-state index in [0.29, 0.717) is 23.9 Å². The summed E-state index contributed by atoms with van der Waals surface area (Å²) >= 11 is 0. The lowest BCUT2D eigenvalue weighted by atomic mass is 9.91. The summed E-state index contributed by atoms with van der Waals surface area (Å²) in [7, 11) is 0. The molecule has 2 aliphatic rings. The third-order valence-corrected chi connectivity index (χ3v) is 4.28. The predicted octanol–water partition coefficient (Wildman–Crippen LogP) is 1.63. The van der Waals surface area contributed by atoms with Gasteiger partial charge in [-0.05, 0) is 45.6 Å². The van der Waals surface area contributed by atoms with E-state index in [1.54, 1.807) is 0 Å². The summed E-state index contributed by atoms with van der Waals surface area (Å²) in [6, 6.07) is 0.869. The number of nitrogens with one attached hydrogen (secondary N) is 1. The highest BCUT2D eigenvalue weighted by atomic mass is 16.2. The Morgan fingerprint density at radius 3 is 2.25 bits per heavy atom. The van der Waals surface area contributed by atoms with Crippen LogP contribution in [0, 0.1) is 11.8 Å². The van der Waals surface area contributed by atoms with E-state index in [4.69, 9.17) is 0 Å². The molecule has 0 spiro atoms. The molecule has 0 saturated carbocycles. The molecule has 92 valence electrons. The third kappa shape index (κ3) is 2.10. The van der Waals surface area contributed by atoms with Crippen LogP contribution in [0.3, 0.4) is 0 Å². The van der Waals surface area contributed by atoms with Crippen LogP contribution in [0.4, 0.5) is 0 Å². The SMILES string of the molecule is CC1CNCC1C(=O)N1C(C)CCCC1C. The Kier molecular flexibility index (Phi) is 3.53. The van der Waals surface area contributed by atoms with Gasteiger partial charge >= 0.3 is 0 Å². The summed E-state index contributed by atoms with van der Waals surface area (Å²) < 4.78 is 0. The van der Waals surface area contributed by atoms with Gasteiger partial charge in [-0.15, -0.1) is 0 Å². The van der Waals surface area contributed by atoms with Crippen molar-refractivity contribution in [2.45, 2.75) is 52.1 Å². The summed E-state index contributed by atoms with van der Waals surface area (Å²) in [6.45, 7) is 8.44. The van der Waals surface area contributed by atoms with E-state index in [-0.39, 0.29) is 5.92 Å². The Morgan fingerprint density at radius 1 is 1.12 bits per heavy atom. The van der Waals surface area contributed by atoms with Crippen LogP contribution < -0.4 is 5.32 Å². The number of amides is 1. The van der Waals surface area contributed by atoms with Crippen molar-refractivity contribution in [3.05, 3.63) is 0 Å². The highest BCUT2D eigenvalue weighted by Gasteiger charge is 2.37.